The Morgan fingerprint density at radius 3 is 2.64 bits per heavy atom. The molecule has 2 aromatic carbocycles. The van der Waals surface area contributed by atoms with E-state index >= 15 is 0 Å². The average Bonchev–Trinajstić information content (AvgIpc) is 3.07. The molecule has 5 rings (SSSR count). The van der Waals surface area contributed by atoms with Gasteiger partial charge in [-0.3, -0.25) is 14.2 Å². The van der Waals surface area contributed by atoms with E-state index in [1.165, 1.54) is 18.4 Å². The molecule has 2 aliphatic heterocycles. The second-order valence-electron chi connectivity index (χ2n) is 8.56. The normalized spacial score (nSPS) is 23.2. The lowest BCUT2D eigenvalue weighted by Crippen LogP contribution is -2.58. The Balaban J connectivity index is 1.67. The molecule has 0 radical (unpaired) electrons. The summed E-state index contributed by atoms with van der Waals surface area (Å²) in [6.07, 6.45) is 1.92. The van der Waals surface area contributed by atoms with E-state index in [2.05, 4.69) is 0 Å². The van der Waals surface area contributed by atoms with Crippen LogP contribution < -0.4 is 24.4 Å². The molecule has 0 aliphatic carbocycles. The SMILES string of the molecule is COC(=O)[C@H]1[C@@H]2c3ccccc3O[C@@]1(C)N=c1s/c(=C/c3ccc(OC(C)C)cc3)c(=O)n12. The quantitative estimate of drug-likeness (QED) is 0.555. The molecule has 3 heterocycles. The molecular weight excluding hydrogens is 440 g/mol. The van der Waals surface area contributed by atoms with Gasteiger partial charge in [0.2, 0.25) is 5.72 Å². The summed E-state index contributed by atoms with van der Waals surface area (Å²) in [6, 6.07) is 14.5. The van der Waals surface area contributed by atoms with Crippen LogP contribution in [0, 0.1) is 5.92 Å². The highest BCUT2D eigenvalue weighted by molar-refractivity contribution is 7.07. The van der Waals surface area contributed by atoms with Crippen molar-refractivity contribution in [2.75, 3.05) is 7.11 Å². The van der Waals surface area contributed by atoms with Crippen molar-refractivity contribution in [2.45, 2.75) is 38.6 Å². The maximum atomic E-state index is 13.6. The Bertz CT molecular complexity index is 1410. The molecule has 0 fully saturated rings. The number of carbonyl (C=O) groups excluding carboxylic acids is 1. The highest BCUT2D eigenvalue weighted by Gasteiger charge is 2.55. The molecule has 170 valence electrons. The molecule has 7 nitrogen and oxygen atoms in total. The van der Waals surface area contributed by atoms with Gasteiger partial charge in [0, 0.05) is 5.56 Å². The fourth-order valence-electron chi connectivity index (χ4n) is 4.50. The molecule has 8 heteroatoms. The van der Waals surface area contributed by atoms with E-state index in [4.69, 9.17) is 19.2 Å². The molecule has 0 saturated carbocycles. The Morgan fingerprint density at radius 1 is 1.21 bits per heavy atom. The summed E-state index contributed by atoms with van der Waals surface area (Å²) in [6.45, 7) is 5.71. The van der Waals surface area contributed by atoms with Gasteiger partial charge in [-0.05, 0) is 50.6 Å². The molecule has 0 amide bonds. The van der Waals surface area contributed by atoms with Gasteiger partial charge < -0.3 is 14.2 Å². The standard InChI is InChI=1S/C25H24N2O5S/c1-14(2)31-16-11-9-15(10-12-16)13-19-22(28)27-21-17-7-5-6-8-18(17)32-25(3,26-24(27)33-19)20(21)23(29)30-4/h5-14,20-21H,1-4H3/b19-13+/t20-,21+,25-/m1/s1. The van der Waals surface area contributed by atoms with E-state index in [0.717, 1.165) is 16.9 Å². The molecular formula is C25H24N2O5S. The van der Waals surface area contributed by atoms with Gasteiger partial charge in [-0.25, -0.2) is 4.99 Å². The number of rotatable bonds is 4. The van der Waals surface area contributed by atoms with E-state index in [1.54, 1.807) is 11.5 Å². The van der Waals surface area contributed by atoms with Crippen LogP contribution in [-0.4, -0.2) is 29.5 Å². The minimum atomic E-state index is -1.17. The van der Waals surface area contributed by atoms with Crippen LogP contribution in [0.4, 0.5) is 0 Å². The summed E-state index contributed by atoms with van der Waals surface area (Å²) in [7, 11) is 1.34. The van der Waals surface area contributed by atoms with Crippen molar-refractivity contribution in [1.29, 1.82) is 0 Å². The van der Waals surface area contributed by atoms with E-state index in [9.17, 15) is 9.59 Å². The summed E-state index contributed by atoms with van der Waals surface area (Å²) >= 11 is 1.29. The van der Waals surface area contributed by atoms with Crippen LogP contribution in [0.2, 0.25) is 0 Å². The molecule has 33 heavy (non-hydrogen) atoms. The van der Waals surface area contributed by atoms with Crippen LogP contribution >= 0.6 is 11.3 Å². The largest absolute Gasteiger partial charge is 0.491 e. The Labute approximate surface area is 194 Å². The van der Waals surface area contributed by atoms with E-state index in [-0.39, 0.29) is 11.7 Å². The first-order valence-corrected chi connectivity index (χ1v) is 11.6. The number of hydrogen-bond donors (Lipinski definition) is 0. The number of hydrogen-bond acceptors (Lipinski definition) is 7. The number of esters is 1. The summed E-state index contributed by atoms with van der Waals surface area (Å²) < 4.78 is 19.1. The summed E-state index contributed by atoms with van der Waals surface area (Å²) in [5.74, 6) is 0.146. The molecule has 3 aromatic rings. The van der Waals surface area contributed by atoms with Crippen molar-refractivity contribution in [2.24, 2.45) is 10.9 Å². The minimum Gasteiger partial charge on any atom is -0.491 e. The van der Waals surface area contributed by atoms with Crippen LogP contribution in [0.5, 0.6) is 11.5 Å². The molecule has 2 bridgehead atoms. The van der Waals surface area contributed by atoms with Gasteiger partial charge >= 0.3 is 5.97 Å². The lowest BCUT2D eigenvalue weighted by molar-refractivity contribution is -0.158. The zero-order valence-electron chi connectivity index (χ0n) is 18.8. The maximum Gasteiger partial charge on any atom is 0.317 e. The number of nitrogens with zero attached hydrogens (tertiary/aromatic N) is 2. The van der Waals surface area contributed by atoms with Crippen molar-refractivity contribution in [3.63, 3.8) is 0 Å². The number of para-hydroxylation sites is 1. The second kappa shape index (κ2) is 7.88. The van der Waals surface area contributed by atoms with E-state index in [1.807, 2.05) is 68.5 Å². The number of ether oxygens (including phenoxy) is 3. The maximum absolute atomic E-state index is 13.6. The molecule has 0 spiro atoms. The summed E-state index contributed by atoms with van der Waals surface area (Å²) in [5.41, 5.74) is 0.274. The second-order valence-corrected chi connectivity index (χ2v) is 9.57. The van der Waals surface area contributed by atoms with Gasteiger partial charge in [-0.15, -0.1) is 0 Å². The molecule has 3 atom stereocenters. The Hall–Kier alpha value is -3.39. The van der Waals surface area contributed by atoms with Crippen molar-refractivity contribution < 1.29 is 19.0 Å². The van der Waals surface area contributed by atoms with Crippen LogP contribution in [-0.2, 0) is 9.53 Å². The predicted octanol–water partition coefficient (Wildman–Crippen LogP) is 2.65. The Morgan fingerprint density at radius 2 is 1.94 bits per heavy atom. The van der Waals surface area contributed by atoms with Gasteiger partial charge in [0.05, 0.1) is 23.8 Å². The van der Waals surface area contributed by atoms with Crippen LogP contribution in [0.25, 0.3) is 6.08 Å². The monoisotopic (exact) mass is 464 g/mol. The van der Waals surface area contributed by atoms with Gasteiger partial charge in [-0.2, -0.15) is 0 Å². The first kappa shape index (κ1) is 21.5. The molecule has 0 N–H and O–H groups in total. The third kappa shape index (κ3) is 3.54. The average molecular weight is 465 g/mol. The minimum absolute atomic E-state index is 0.0867. The van der Waals surface area contributed by atoms with Crippen LogP contribution in [0.1, 0.15) is 37.9 Å². The zero-order valence-corrected chi connectivity index (χ0v) is 19.6. The van der Waals surface area contributed by atoms with Crippen LogP contribution in [0.15, 0.2) is 58.3 Å². The van der Waals surface area contributed by atoms with Crippen molar-refractivity contribution in [3.8, 4) is 11.5 Å². The number of thiazole rings is 1. The number of benzene rings is 2. The highest BCUT2D eigenvalue weighted by Crippen LogP contribution is 2.47. The van der Waals surface area contributed by atoms with Crippen molar-refractivity contribution in [1.82, 2.24) is 4.57 Å². The highest BCUT2D eigenvalue weighted by atomic mass is 32.1. The molecule has 0 saturated heterocycles. The summed E-state index contributed by atoms with van der Waals surface area (Å²) in [4.78, 5) is 31.7. The number of fused-ring (bicyclic) bond motifs is 6. The van der Waals surface area contributed by atoms with Gasteiger partial charge in [0.15, 0.2) is 4.80 Å². The van der Waals surface area contributed by atoms with E-state index in [0.29, 0.717) is 15.1 Å². The first-order chi connectivity index (χ1) is 15.8. The molecule has 0 unspecified atom stereocenters. The fraction of sp³-hybridized carbons (Fsp3) is 0.320. The predicted molar refractivity (Wildman–Crippen MR) is 124 cm³/mol. The summed E-state index contributed by atoms with van der Waals surface area (Å²) in [5, 5.41) is 0. The van der Waals surface area contributed by atoms with Crippen molar-refractivity contribution >= 4 is 23.4 Å². The molecule has 2 aliphatic rings. The molecule has 1 aromatic heterocycles. The third-order valence-electron chi connectivity index (χ3n) is 5.88. The van der Waals surface area contributed by atoms with Crippen LogP contribution in [0.3, 0.4) is 0 Å². The zero-order chi connectivity index (χ0) is 23.3. The van der Waals surface area contributed by atoms with Gasteiger partial charge in [-0.1, -0.05) is 41.7 Å². The number of methoxy groups -OCH3 is 1. The van der Waals surface area contributed by atoms with E-state index < -0.39 is 23.7 Å². The number of carbonyl (C=O) groups is 1. The van der Waals surface area contributed by atoms with Gasteiger partial charge in [0.25, 0.3) is 5.56 Å². The van der Waals surface area contributed by atoms with Gasteiger partial charge in [0.1, 0.15) is 17.4 Å². The third-order valence-corrected chi connectivity index (χ3v) is 6.87. The Kier molecular flexibility index (Phi) is 5.12. The van der Waals surface area contributed by atoms with Crippen molar-refractivity contribution in [3.05, 3.63) is 79.3 Å². The number of aromatic nitrogens is 1. The first-order valence-electron chi connectivity index (χ1n) is 10.8. The topological polar surface area (TPSA) is 79.1 Å². The smallest absolute Gasteiger partial charge is 0.317 e. The lowest BCUT2D eigenvalue weighted by atomic mass is 9.81. The fourth-order valence-corrected chi connectivity index (χ4v) is 5.60. The lowest BCUT2D eigenvalue weighted by Gasteiger charge is -2.44.